The number of hydrogen-bond donors (Lipinski definition) is 0. The van der Waals surface area contributed by atoms with Crippen LogP contribution < -0.4 is 0 Å². The van der Waals surface area contributed by atoms with Crippen LogP contribution in [-0.4, -0.2) is 43.4 Å². The van der Waals surface area contributed by atoms with E-state index in [2.05, 4.69) is 0 Å². The fourth-order valence-corrected chi connectivity index (χ4v) is 1.72. The van der Waals surface area contributed by atoms with E-state index in [0.29, 0.717) is 32.5 Å². The van der Waals surface area contributed by atoms with Gasteiger partial charge in [0, 0.05) is 19.7 Å². The number of piperidine rings is 1. The first-order valence-corrected chi connectivity index (χ1v) is 4.92. The third-order valence-corrected chi connectivity index (χ3v) is 2.34. The van der Waals surface area contributed by atoms with Crippen molar-refractivity contribution in [2.45, 2.75) is 32.0 Å². The predicted octanol–water partition coefficient (Wildman–Crippen LogP) is 2.05. The van der Waals surface area contributed by atoms with E-state index < -0.39 is 12.7 Å². The Morgan fingerprint density at radius 1 is 1.29 bits per heavy atom. The molecule has 0 N–H and O–H groups in total. The average Bonchev–Trinajstić information content (AvgIpc) is 2.06. The van der Waals surface area contributed by atoms with Crippen molar-refractivity contribution in [1.82, 2.24) is 4.90 Å². The molecule has 0 atom stereocenters. The molecule has 0 radical (unpaired) electrons. The molecule has 0 aromatic rings. The van der Waals surface area contributed by atoms with Gasteiger partial charge in [-0.05, 0) is 19.8 Å². The smallest absolute Gasteiger partial charge is 0.378 e. The predicted molar refractivity (Wildman–Crippen MR) is 47.1 cm³/mol. The minimum atomic E-state index is -4.07. The van der Waals surface area contributed by atoms with Gasteiger partial charge in [0.15, 0.2) is 0 Å². The lowest BCUT2D eigenvalue weighted by molar-refractivity contribution is -0.150. The highest BCUT2D eigenvalue weighted by molar-refractivity contribution is 4.74. The fourth-order valence-electron chi connectivity index (χ4n) is 1.72. The van der Waals surface area contributed by atoms with Crippen molar-refractivity contribution in [3.63, 3.8) is 0 Å². The lowest BCUT2D eigenvalue weighted by Gasteiger charge is -2.31. The van der Waals surface area contributed by atoms with E-state index in [-0.39, 0.29) is 6.10 Å². The van der Waals surface area contributed by atoms with Gasteiger partial charge in [0.2, 0.25) is 0 Å². The summed E-state index contributed by atoms with van der Waals surface area (Å²) in [6.45, 7) is 2.74. The molecule has 1 fully saturated rings. The maximum Gasteiger partial charge on any atom is 0.401 e. The van der Waals surface area contributed by atoms with Gasteiger partial charge in [0.05, 0.1) is 12.6 Å². The monoisotopic (exact) mass is 211 g/mol. The molecule has 1 saturated heterocycles. The quantitative estimate of drug-likeness (QED) is 0.708. The number of ether oxygens (including phenoxy) is 1. The van der Waals surface area contributed by atoms with Crippen LogP contribution in [0.3, 0.4) is 0 Å². The minimum Gasteiger partial charge on any atom is -0.378 e. The summed E-state index contributed by atoms with van der Waals surface area (Å²) in [6.07, 6.45) is -2.49. The SMILES string of the molecule is CCOC1CCN(CC(F)(F)F)CC1. The van der Waals surface area contributed by atoms with E-state index in [1.165, 1.54) is 4.90 Å². The second kappa shape index (κ2) is 4.98. The molecule has 0 spiro atoms. The summed E-state index contributed by atoms with van der Waals surface area (Å²) in [5.41, 5.74) is 0. The van der Waals surface area contributed by atoms with Crippen LogP contribution >= 0.6 is 0 Å². The molecule has 1 aliphatic heterocycles. The van der Waals surface area contributed by atoms with Crippen LogP contribution in [0.25, 0.3) is 0 Å². The summed E-state index contributed by atoms with van der Waals surface area (Å²) in [5.74, 6) is 0. The van der Waals surface area contributed by atoms with Crippen molar-refractivity contribution >= 4 is 0 Å². The summed E-state index contributed by atoms with van der Waals surface area (Å²) in [4.78, 5) is 1.44. The van der Waals surface area contributed by atoms with Gasteiger partial charge in [-0.3, -0.25) is 4.90 Å². The number of rotatable bonds is 3. The van der Waals surface area contributed by atoms with Crippen molar-refractivity contribution in [2.24, 2.45) is 0 Å². The lowest BCUT2D eigenvalue weighted by Crippen LogP contribution is -2.42. The second-order valence-electron chi connectivity index (χ2n) is 3.55. The first kappa shape index (κ1) is 11.8. The van der Waals surface area contributed by atoms with Crippen LogP contribution in [-0.2, 0) is 4.74 Å². The molecule has 0 aromatic carbocycles. The van der Waals surface area contributed by atoms with E-state index in [1.807, 2.05) is 6.92 Å². The molecule has 0 saturated carbocycles. The van der Waals surface area contributed by atoms with Gasteiger partial charge in [-0.1, -0.05) is 0 Å². The number of alkyl halides is 3. The van der Waals surface area contributed by atoms with Gasteiger partial charge in [0.1, 0.15) is 0 Å². The Balaban J connectivity index is 2.22. The van der Waals surface area contributed by atoms with Gasteiger partial charge in [-0.25, -0.2) is 0 Å². The van der Waals surface area contributed by atoms with Gasteiger partial charge < -0.3 is 4.74 Å². The Morgan fingerprint density at radius 2 is 1.86 bits per heavy atom. The molecule has 0 aliphatic carbocycles. The molecule has 1 aliphatic rings. The number of nitrogens with zero attached hydrogens (tertiary/aromatic N) is 1. The zero-order chi connectivity index (χ0) is 10.6. The van der Waals surface area contributed by atoms with Crippen molar-refractivity contribution in [1.29, 1.82) is 0 Å². The van der Waals surface area contributed by atoms with Crippen LogP contribution in [0.1, 0.15) is 19.8 Å². The van der Waals surface area contributed by atoms with Gasteiger partial charge in [-0.15, -0.1) is 0 Å². The molecule has 84 valence electrons. The van der Waals surface area contributed by atoms with Crippen molar-refractivity contribution in [3.8, 4) is 0 Å². The van der Waals surface area contributed by atoms with Crippen LogP contribution in [0.2, 0.25) is 0 Å². The third kappa shape index (κ3) is 4.28. The van der Waals surface area contributed by atoms with Gasteiger partial charge in [0.25, 0.3) is 0 Å². The van der Waals surface area contributed by atoms with E-state index in [9.17, 15) is 13.2 Å². The molecular formula is C9H16F3NO. The highest BCUT2D eigenvalue weighted by Gasteiger charge is 2.32. The van der Waals surface area contributed by atoms with Crippen LogP contribution in [0.15, 0.2) is 0 Å². The molecule has 5 heteroatoms. The number of likely N-dealkylation sites (tertiary alicyclic amines) is 1. The molecule has 0 aromatic heterocycles. The molecular weight excluding hydrogens is 195 g/mol. The highest BCUT2D eigenvalue weighted by Crippen LogP contribution is 2.20. The van der Waals surface area contributed by atoms with E-state index in [0.717, 1.165) is 0 Å². The fraction of sp³-hybridized carbons (Fsp3) is 1.00. The standard InChI is InChI=1S/C9H16F3NO/c1-2-14-8-3-5-13(6-4-8)7-9(10,11)12/h8H,2-7H2,1H3. The summed E-state index contributed by atoms with van der Waals surface area (Å²) < 4.78 is 41.4. The second-order valence-corrected chi connectivity index (χ2v) is 3.55. The Kier molecular flexibility index (Phi) is 4.19. The summed E-state index contributed by atoms with van der Waals surface area (Å²) in [7, 11) is 0. The van der Waals surface area contributed by atoms with Gasteiger partial charge in [-0.2, -0.15) is 13.2 Å². The van der Waals surface area contributed by atoms with Crippen LogP contribution in [0.5, 0.6) is 0 Å². The summed E-state index contributed by atoms with van der Waals surface area (Å²) >= 11 is 0. The van der Waals surface area contributed by atoms with Gasteiger partial charge >= 0.3 is 6.18 Å². The first-order valence-electron chi connectivity index (χ1n) is 4.92. The normalized spacial score (nSPS) is 21.4. The maximum absolute atomic E-state index is 12.0. The van der Waals surface area contributed by atoms with Crippen LogP contribution in [0.4, 0.5) is 13.2 Å². The molecule has 0 unspecified atom stereocenters. The lowest BCUT2D eigenvalue weighted by atomic mass is 10.1. The Labute approximate surface area is 82.0 Å². The van der Waals surface area contributed by atoms with Crippen molar-refractivity contribution in [2.75, 3.05) is 26.2 Å². The van der Waals surface area contributed by atoms with Crippen molar-refractivity contribution < 1.29 is 17.9 Å². The molecule has 14 heavy (non-hydrogen) atoms. The molecule has 2 nitrogen and oxygen atoms in total. The summed E-state index contributed by atoms with van der Waals surface area (Å²) in [6, 6.07) is 0. The topological polar surface area (TPSA) is 12.5 Å². The minimum absolute atomic E-state index is 0.157. The van der Waals surface area contributed by atoms with E-state index in [4.69, 9.17) is 4.74 Å². The zero-order valence-corrected chi connectivity index (χ0v) is 8.31. The Morgan fingerprint density at radius 3 is 2.29 bits per heavy atom. The highest BCUT2D eigenvalue weighted by atomic mass is 19.4. The molecule has 1 rings (SSSR count). The molecule has 0 bridgehead atoms. The summed E-state index contributed by atoms with van der Waals surface area (Å²) in [5, 5.41) is 0. The zero-order valence-electron chi connectivity index (χ0n) is 8.31. The Bertz CT molecular complexity index is 164. The average molecular weight is 211 g/mol. The van der Waals surface area contributed by atoms with Crippen molar-refractivity contribution in [3.05, 3.63) is 0 Å². The van der Waals surface area contributed by atoms with Crippen LogP contribution in [0, 0.1) is 0 Å². The number of hydrogen-bond acceptors (Lipinski definition) is 2. The maximum atomic E-state index is 12.0. The third-order valence-electron chi connectivity index (χ3n) is 2.34. The number of halogens is 3. The molecule has 1 heterocycles. The molecule has 0 amide bonds. The largest absolute Gasteiger partial charge is 0.401 e. The Hall–Kier alpha value is -0.290. The first-order chi connectivity index (χ1) is 6.51. The van der Waals surface area contributed by atoms with E-state index in [1.54, 1.807) is 0 Å². The van der Waals surface area contributed by atoms with E-state index >= 15 is 0 Å².